The van der Waals surface area contributed by atoms with Crippen LogP contribution in [0.15, 0.2) is 0 Å². The quantitative estimate of drug-likeness (QED) is 0.0648. The van der Waals surface area contributed by atoms with Gasteiger partial charge in [0.2, 0.25) is 0 Å². The molecule has 0 aromatic heterocycles. The van der Waals surface area contributed by atoms with E-state index in [9.17, 15) is 20.4 Å². The Hall–Kier alpha value is -0.560. The van der Waals surface area contributed by atoms with Crippen molar-refractivity contribution in [3.8, 4) is 0 Å². The first-order valence-electron chi connectivity index (χ1n) is 14.6. The van der Waals surface area contributed by atoms with E-state index in [2.05, 4.69) is 0 Å². The number of hydrogen-bond donors (Lipinski definition) is 5. The zero-order valence-electron chi connectivity index (χ0n) is 24.6. The minimum Gasteiger partial charge on any atom is -0.394 e. The van der Waals surface area contributed by atoms with Crippen LogP contribution in [0.2, 0.25) is 0 Å². The third-order valence-corrected chi connectivity index (χ3v) is 6.21. The Morgan fingerprint density at radius 3 is 1.37 bits per heavy atom. The Morgan fingerprint density at radius 2 is 0.976 bits per heavy atom. The molecule has 41 heavy (non-hydrogen) atoms. The van der Waals surface area contributed by atoms with Gasteiger partial charge in [0.25, 0.3) is 0 Å². The van der Waals surface area contributed by atoms with Crippen molar-refractivity contribution in [2.24, 2.45) is 0 Å². The van der Waals surface area contributed by atoms with E-state index in [0.717, 1.165) is 12.8 Å². The zero-order valence-corrected chi connectivity index (χ0v) is 24.6. The highest BCUT2D eigenvalue weighted by atomic mass is 16.7. The number of aliphatic hydroxyl groups is 5. The lowest BCUT2D eigenvalue weighted by atomic mass is 9.89. The second-order valence-electron chi connectivity index (χ2n) is 9.39. The molecule has 0 aromatic carbocycles. The second kappa shape index (κ2) is 25.9. The van der Waals surface area contributed by atoms with Crippen molar-refractivity contribution in [3.05, 3.63) is 0 Å². The van der Waals surface area contributed by atoms with Gasteiger partial charge in [0, 0.05) is 6.42 Å². The van der Waals surface area contributed by atoms with E-state index in [1.54, 1.807) is 0 Å². The Kier molecular flexibility index (Phi) is 24.3. The van der Waals surface area contributed by atoms with Crippen LogP contribution in [0.3, 0.4) is 0 Å². The molecule has 0 bridgehead atoms. The highest BCUT2D eigenvalue weighted by Crippen LogP contribution is 2.35. The average Bonchev–Trinajstić information content (AvgIpc) is 2.98. The van der Waals surface area contributed by atoms with E-state index in [1.807, 2.05) is 6.92 Å². The third kappa shape index (κ3) is 17.4. The lowest BCUT2D eigenvalue weighted by Gasteiger charge is -2.48. The van der Waals surface area contributed by atoms with Gasteiger partial charge in [0.1, 0.15) is 24.4 Å². The molecule has 1 aliphatic rings. The molecule has 1 saturated heterocycles. The Morgan fingerprint density at radius 1 is 0.561 bits per heavy atom. The van der Waals surface area contributed by atoms with Gasteiger partial charge >= 0.3 is 0 Å². The van der Waals surface area contributed by atoms with Gasteiger partial charge in [-0.1, -0.05) is 19.8 Å². The van der Waals surface area contributed by atoms with Crippen LogP contribution < -0.4 is 0 Å². The minimum absolute atomic E-state index is 0.0108. The molecule has 1 fully saturated rings. The van der Waals surface area contributed by atoms with Crippen LogP contribution in [0.1, 0.15) is 32.6 Å². The van der Waals surface area contributed by atoms with Crippen LogP contribution >= 0.6 is 0 Å². The zero-order chi connectivity index (χ0) is 30.0. The fourth-order valence-electron chi connectivity index (χ4n) is 3.99. The summed E-state index contributed by atoms with van der Waals surface area (Å²) in [4.78, 5) is 0. The van der Waals surface area contributed by atoms with Crippen LogP contribution in [0, 0.1) is 0 Å². The van der Waals surface area contributed by atoms with Crippen LogP contribution in [0.25, 0.3) is 0 Å². The van der Waals surface area contributed by atoms with Gasteiger partial charge in [-0.15, -0.1) is 0 Å². The molecule has 14 nitrogen and oxygen atoms in total. The first kappa shape index (κ1) is 38.5. The summed E-state index contributed by atoms with van der Waals surface area (Å²) in [5.74, 6) is -1.53. The maximum absolute atomic E-state index is 10.6. The SMILES string of the molecule is CCCCC[C@@]1(OCCOCCOCCOCCOCCOCCOCCOCCO)O[C@H](CO)[C@@H](O)[C@H](O)[C@H]1O. The van der Waals surface area contributed by atoms with Crippen molar-refractivity contribution in [2.75, 3.05) is 112 Å². The highest BCUT2D eigenvalue weighted by molar-refractivity contribution is 4.97. The maximum atomic E-state index is 10.6. The monoisotopic (exact) mass is 602 g/mol. The average molecular weight is 603 g/mol. The first-order chi connectivity index (χ1) is 20.0. The Balaban J connectivity index is 1.98. The molecule has 0 aliphatic carbocycles. The highest BCUT2D eigenvalue weighted by Gasteiger charge is 2.53. The van der Waals surface area contributed by atoms with Crippen LogP contribution in [-0.2, 0) is 42.6 Å². The van der Waals surface area contributed by atoms with Crippen molar-refractivity contribution in [1.29, 1.82) is 0 Å². The molecule has 5 atom stereocenters. The van der Waals surface area contributed by atoms with Gasteiger partial charge in [-0.3, -0.25) is 0 Å². The maximum Gasteiger partial charge on any atom is 0.197 e. The summed E-state index contributed by atoms with van der Waals surface area (Å²) in [6, 6.07) is 0. The number of rotatable bonds is 29. The predicted octanol–water partition coefficient (Wildman–Crippen LogP) is -1.14. The van der Waals surface area contributed by atoms with Crippen LogP contribution in [-0.4, -0.2) is 168 Å². The molecule has 0 unspecified atom stereocenters. The summed E-state index contributed by atoms with van der Waals surface area (Å²) in [6.07, 6.45) is -2.60. The van der Waals surface area contributed by atoms with Gasteiger partial charge in [-0.2, -0.15) is 0 Å². The van der Waals surface area contributed by atoms with Gasteiger partial charge in [0.15, 0.2) is 5.79 Å². The van der Waals surface area contributed by atoms with E-state index in [0.29, 0.717) is 98.7 Å². The molecule has 0 aromatic rings. The van der Waals surface area contributed by atoms with Crippen molar-refractivity contribution >= 4 is 0 Å². The van der Waals surface area contributed by atoms with E-state index in [1.165, 1.54) is 0 Å². The van der Waals surface area contributed by atoms with Crippen molar-refractivity contribution in [2.45, 2.75) is 62.8 Å². The number of ether oxygens (including phenoxy) is 9. The summed E-state index contributed by atoms with van der Waals surface area (Å²) in [7, 11) is 0. The summed E-state index contributed by atoms with van der Waals surface area (Å²) in [5, 5.41) is 49.0. The molecule has 0 spiro atoms. The van der Waals surface area contributed by atoms with Gasteiger partial charge in [-0.05, 0) is 6.42 Å². The summed E-state index contributed by atoms with van der Waals surface area (Å²) < 4.78 is 49.2. The molecular weight excluding hydrogens is 548 g/mol. The standard InChI is InChI=1S/C27H54O14/c1-2-3-4-5-27(26(32)25(31)24(30)23(22-29)41-27)40-21-20-39-19-18-38-17-16-37-15-14-36-13-12-35-11-10-34-9-8-33-7-6-28/h23-26,28-32H,2-22H2,1H3/t23-,24-,25+,26-,27-/m1/s1. The van der Waals surface area contributed by atoms with Crippen molar-refractivity contribution < 1.29 is 68.2 Å². The number of aliphatic hydroxyl groups excluding tert-OH is 5. The molecule has 1 heterocycles. The van der Waals surface area contributed by atoms with Crippen molar-refractivity contribution in [3.63, 3.8) is 0 Å². The molecule has 0 radical (unpaired) electrons. The molecule has 5 N–H and O–H groups in total. The molecule has 14 heteroatoms. The fourth-order valence-corrected chi connectivity index (χ4v) is 3.99. The van der Waals surface area contributed by atoms with E-state index in [4.69, 9.17) is 47.7 Å². The van der Waals surface area contributed by atoms with Crippen molar-refractivity contribution in [1.82, 2.24) is 0 Å². The fraction of sp³-hybridized carbons (Fsp3) is 1.00. The first-order valence-corrected chi connectivity index (χ1v) is 14.6. The van der Waals surface area contributed by atoms with Gasteiger partial charge in [0.05, 0.1) is 112 Å². The topological polar surface area (TPSA) is 184 Å². The molecule has 246 valence electrons. The molecular formula is C27H54O14. The normalized spacial score (nSPS) is 24.7. The molecule has 0 amide bonds. The predicted molar refractivity (Wildman–Crippen MR) is 146 cm³/mol. The van der Waals surface area contributed by atoms with Gasteiger partial charge < -0.3 is 68.2 Å². The Bertz CT molecular complexity index is 572. The van der Waals surface area contributed by atoms with Crippen LogP contribution in [0.5, 0.6) is 0 Å². The van der Waals surface area contributed by atoms with Gasteiger partial charge in [-0.25, -0.2) is 0 Å². The molecule has 0 saturated carbocycles. The molecule has 1 rings (SSSR count). The lowest BCUT2D eigenvalue weighted by Crippen LogP contribution is -2.66. The largest absolute Gasteiger partial charge is 0.394 e. The third-order valence-electron chi connectivity index (χ3n) is 6.21. The summed E-state index contributed by atoms with van der Waals surface area (Å²) in [6.45, 7) is 7.44. The number of unbranched alkanes of at least 4 members (excludes halogenated alkanes) is 2. The molecule has 1 aliphatic heterocycles. The minimum atomic E-state index is -1.53. The van der Waals surface area contributed by atoms with E-state index >= 15 is 0 Å². The van der Waals surface area contributed by atoms with E-state index < -0.39 is 36.8 Å². The lowest BCUT2D eigenvalue weighted by molar-refractivity contribution is -0.368. The van der Waals surface area contributed by atoms with Crippen LogP contribution in [0.4, 0.5) is 0 Å². The Labute approximate surface area is 243 Å². The summed E-state index contributed by atoms with van der Waals surface area (Å²) in [5.41, 5.74) is 0. The smallest absolute Gasteiger partial charge is 0.197 e. The van der Waals surface area contributed by atoms with E-state index in [-0.39, 0.29) is 19.8 Å². The summed E-state index contributed by atoms with van der Waals surface area (Å²) >= 11 is 0. The second-order valence-corrected chi connectivity index (χ2v) is 9.39. The number of hydrogen-bond acceptors (Lipinski definition) is 14.